The van der Waals surface area contributed by atoms with Gasteiger partial charge in [-0.25, -0.2) is 0 Å². The largest absolute Gasteiger partial charge is 0.308 e. The van der Waals surface area contributed by atoms with Crippen LogP contribution >= 0.6 is 0 Å². The zero-order valence-electron chi connectivity index (χ0n) is 6.02. The molecule has 0 fully saturated rings. The molecule has 0 heterocycles. The second-order valence-electron chi connectivity index (χ2n) is 2.34. The van der Waals surface area contributed by atoms with E-state index in [1.807, 2.05) is 13.8 Å². The average molecular weight is 114 g/mol. The lowest BCUT2D eigenvalue weighted by Gasteiger charge is -2.01. The second-order valence-corrected chi connectivity index (χ2v) is 2.34. The van der Waals surface area contributed by atoms with Crippen molar-refractivity contribution in [3.8, 4) is 0 Å². The third-order valence-corrected chi connectivity index (χ3v) is 0.546. The fourth-order valence-corrected chi connectivity index (χ4v) is 0.258. The molecule has 0 aromatic rings. The molecule has 0 aliphatic rings. The molecular formula is C6H14N2. The number of hydrogen-bond acceptors (Lipinski definition) is 2. The zero-order valence-corrected chi connectivity index (χ0v) is 6.02. The third kappa shape index (κ3) is 5.47. The molecule has 0 bridgehead atoms. The van der Waals surface area contributed by atoms with E-state index in [0.717, 1.165) is 5.71 Å². The van der Waals surface area contributed by atoms with Gasteiger partial charge in [0.05, 0.1) is 0 Å². The SMILES string of the molecule is CC(C)=NNC(C)C. The molecule has 48 valence electrons. The molecule has 1 N–H and O–H groups in total. The Morgan fingerprint density at radius 1 is 1.38 bits per heavy atom. The Bertz CT molecular complexity index is 80.5. The van der Waals surface area contributed by atoms with Crippen molar-refractivity contribution in [1.29, 1.82) is 0 Å². The fourth-order valence-electron chi connectivity index (χ4n) is 0.258. The fraction of sp³-hybridized carbons (Fsp3) is 0.833. The predicted molar refractivity (Wildman–Crippen MR) is 37.1 cm³/mol. The lowest BCUT2D eigenvalue weighted by atomic mass is 10.4. The summed E-state index contributed by atoms with van der Waals surface area (Å²) in [6.45, 7) is 8.06. The summed E-state index contributed by atoms with van der Waals surface area (Å²) in [6, 6.07) is 0.449. The first-order valence-electron chi connectivity index (χ1n) is 2.89. The van der Waals surface area contributed by atoms with E-state index in [4.69, 9.17) is 0 Å². The molecule has 0 aromatic carbocycles. The van der Waals surface area contributed by atoms with Crippen molar-refractivity contribution in [2.75, 3.05) is 0 Å². The Hall–Kier alpha value is -0.530. The Balaban J connectivity index is 3.29. The van der Waals surface area contributed by atoms with Crippen LogP contribution in [0.3, 0.4) is 0 Å². The summed E-state index contributed by atoms with van der Waals surface area (Å²) in [7, 11) is 0. The zero-order chi connectivity index (χ0) is 6.57. The van der Waals surface area contributed by atoms with Crippen molar-refractivity contribution >= 4 is 5.71 Å². The Kier molecular flexibility index (Phi) is 3.24. The predicted octanol–water partition coefficient (Wildman–Crippen LogP) is 1.38. The van der Waals surface area contributed by atoms with Gasteiger partial charge in [-0.15, -0.1) is 0 Å². The van der Waals surface area contributed by atoms with Gasteiger partial charge in [0.15, 0.2) is 0 Å². The van der Waals surface area contributed by atoms with E-state index in [1.165, 1.54) is 0 Å². The van der Waals surface area contributed by atoms with Gasteiger partial charge in [0.1, 0.15) is 0 Å². The first-order valence-corrected chi connectivity index (χ1v) is 2.89. The van der Waals surface area contributed by atoms with Crippen molar-refractivity contribution in [2.45, 2.75) is 33.7 Å². The van der Waals surface area contributed by atoms with Crippen LogP contribution in [0, 0.1) is 0 Å². The summed E-state index contributed by atoms with van der Waals surface area (Å²) in [6.07, 6.45) is 0. The highest BCUT2D eigenvalue weighted by Gasteiger charge is 1.83. The summed E-state index contributed by atoms with van der Waals surface area (Å²) in [5.41, 5.74) is 4.00. The standard InChI is InChI=1S/C6H14N2/c1-5(2)7-8-6(3)4/h5,7H,1-4H3. The highest BCUT2D eigenvalue weighted by molar-refractivity contribution is 5.78. The maximum Gasteiger partial charge on any atom is 0.0383 e. The highest BCUT2D eigenvalue weighted by atomic mass is 15.3. The first-order chi connectivity index (χ1) is 3.63. The molecule has 0 aliphatic carbocycles. The minimum atomic E-state index is 0.449. The van der Waals surface area contributed by atoms with Gasteiger partial charge in [0, 0.05) is 11.8 Å². The molecule has 0 aliphatic heterocycles. The summed E-state index contributed by atoms with van der Waals surface area (Å²) >= 11 is 0. The molecule has 0 rings (SSSR count). The highest BCUT2D eigenvalue weighted by Crippen LogP contribution is 1.76. The van der Waals surface area contributed by atoms with Gasteiger partial charge in [0.25, 0.3) is 0 Å². The molecule has 2 nitrogen and oxygen atoms in total. The van der Waals surface area contributed by atoms with Crippen LogP contribution < -0.4 is 5.43 Å². The Morgan fingerprint density at radius 3 is 2.00 bits per heavy atom. The van der Waals surface area contributed by atoms with Crippen molar-refractivity contribution in [3.05, 3.63) is 0 Å². The maximum absolute atomic E-state index is 3.99. The van der Waals surface area contributed by atoms with E-state index < -0.39 is 0 Å². The Labute approximate surface area is 51.0 Å². The third-order valence-electron chi connectivity index (χ3n) is 0.546. The lowest BCUT2D eigenvalue weighted by Crippen LogP contribution is -2.16. The van der Waals surface area contributed by atoms with Crippen molar-refractivity contribution in [2.24, 2.45) is 5.10 Å². The van der Waals surface area contributed by atoms with Gasteiger partial charge in [-0.1, -0.05) is 0 Å². The van der Waals surface area contributed by atoms with Crippen LogP contribution in [-0.4, -0.2) is 11.8 Å². The molecule has 0 aromatic heterocycles. The van der Waals surface area contributed by atoms with Gasteiger partial charge in [-0.05, 0) is 27.7 Å². The molecule has 0 saturated carbocycles. The molecule has 0 saturated heterocycles. The smallest absolute Gasteiger partial charge is 0.0383 e. The average Bonchev–Trinajstić information content (AvgIpc) is 1.61. The Morgan fingerprint density at radius 2 is 1.88 bits per heavy atom. The van der Waals surface area contributed by atoms with Crippen LogP contribution in [0.4, 0.5) is 0 Å². The lowest BCUT2D eigenvalue weighted by molar-refractivity contribution is 0.620. The van der Waals surface area contributed by atoms with Gasteiger partial charge in [-0.2, -0.15) is 5.10 Å². The molecule has 0 atom stereocenters. The van der Waals surface area contributed by atoms with Crippen LogP contribution in [0.25, 0.3) is 0 Å². The van der Waals surface area contributed by atoms with Crippen LogP contribution in [0.2, 0.25) is 0 Å². The van der Waals surface area contributed by atoms with E-state index in [9.17, 15) is 0 Å². The van der Waals surface area contributed by atoms with Gasteiger partial charge < -0.3 is 5.43 Å². The van der Waals surface area contributed by atoms with Gasteiger partial charge in [-0.3, -0.25) is 0 Å². The molecule has 2 heteroatoms. The molecule has 0 unspecified atom stereocenters. The number of nitrogens with one attached hydrogen (secondary N) is 1. The van der Waals surface area contributed by atoms with Crippen molar-refractivity contribution in [3.63, 3.8) is 0 Å². The van der Waals surface area contributed by atoms with Gasteiger partial charge >= 0.3 is 0 Å². The number of rotatable bonds is 2. The summed E-state index contributed by atoms with van der Waals surface area (Å²) < 4.78 is 0. The summed E-state index contributed by atoms with van der Waals surface area (Å²) in [5.74, 6) is 0. The minimum Gasteiger partial charge on any atom is -0.308 e. The molecular weight excluding hydrogens is 100 g/mol. The van der Waals surface area contributed by atoms with E-state index in [1.54, 1.807) is 0 Å². The van der Waals surface area contributed by atoms with Crippen molar-refractivity contribution in [1.82, 2.24) is 5.43 Å². The van der Waals surface area contributed by atoms with Crippen LogP contribution in [0.5, 0.6) is 0 Å². The maximum atomic E-state index is 3.99. The molecule has 0 amide bonds. The number of nitrogens with zero attached hydrogens (tertiary/aromatic N) is 1. The first kappa shape index (κ1) is 7.47. The normalized spacial score (nSPS) is 9.12. The van der Waals surface area contributed by atoms with E-state index in [2.05, 4.69) is 24.4 Å². The quantitative estimate of drug-likeness (QED) is 0.425. The number of hydrogen-bond donors (Lipinski definition) is 1. The van der Waals surface area contributed by atoms with E-state index >= 15 is 0 Å². The monoisotopic (exact) mass is 114 g/mol. The van der Waals surface area contributed by atoms with Crippen LogP contribution in [-0.2, 0) is 0 Å². The number of hydrazone groups is 1. The van der Waals surface area contributed by atoms with Crippen molar-refractivity contribution < 1.29 is 0 Å². The second kappa shape index (κ2) is 3.47. The minimum absolute atomic E-state index is 0.449. The molecule has 8 heavy (non-hydrogen) atoms. The topological polar surface area (TPSA) is 24.4 Å². The van der Waals surface area contributed by atoms with E-state index in [0.29, 0.717) is 6.04 Å². The molecule has 0 spiro atoms. The van der Waals surface area contributed by atoms with Crippen LogP contribution in [0.1, 0.15) is 27.7 Å². The van der Waals surface area contributed by atoms with E-state index in [-0.39, 0.29) is 0 Å². The summed E-state index contributed by atoms with van der Waals surface area (Å²) in [5, 5.41) is 3.99. The van der Waals surface area contributed by atoms with Crippen LogP contribution in [0.15, 0.2) is 5.10 Å². The summed E-state index contributed by atoms with van der Waals surface area (Å²) in [4.78, 5) is 0. The molecule has 0 radical (unpaired) electrons. The van der Waals surface area contributed by atoms with Gasteiger partial charge in [0.2, 0.25) is 0 Å².